The molecule has 0 spiro atoms. The Morgan fingerprint density at radius 3 is 2.85 bits per heavy atom. The van der Waals surface area contributed by atoms with E-state index in [1.807, 2.05) is 36.4 Å². The van der Waals surface area contributed by atoms with Crippen LogP contribution < -0.4 is 4.74 Å². The van der Waals surface area contributed by atoms with Gasteiger partial charge in [0.2, 0.25) is 0 Å². The van der Waals surface area contributed by atoms with E-state index in [-0.39, 0.29) is 5.78 Å². The van der Waals surface area contributed by atoms with Gasteiger partial charge in [-0.2, -0.15) is 0 Å². The molecule has 0 amide bonds. The fraction of sp³-hybridized carbons (Fsp3) is 0.118. The highest BCUT2D eigenvalue weighted by atomic mass is 16.5. The molecule has 1 heterocycles. The molecule has 0 aliphatic heterocycles. The number of benzene rings is 2. The molecule has 0 N–H and O–H groups in total. The van der Waals surface area contributed by atoms with Crippen molar-refractivity contribution in [2.75, 3.05) is 7.11 Å². The molecule has 3 nitrogen and oxygen atoms in total. The van der Waals surface area contributed by atoms with Gasteiger partial charge >= 0.3 is 0 Å². The predicted octanol–water partition coefficient (Wildman–Crippen LogP) is 3.87. The van der Waals surface area contributed by atoms with Crippen LogP contribution >= 0.6 is 0 Å². The van der Waals surface area contributed by atoms with Gasteiger partial charge in [0, 0.05) is 6.42 Å². The third-order valence-electron chi connectivity index (χ3n) is 3.37. The lowest BCUT2D eigenvalue weighted by atomic mass is 9.98. The van der Waals surface area contributed by atoms with Crippen LogP contribution in [0.4, 0.5) is 0 Å². The Hall–Kier alpha value is -2.55. The molecule has 0 radical (unpaired) electrons. The number of hydrogen-bond acceptors (Lipinski definition) is 3. The highest BCUT2D eigenvalue weighted by molar-refractivity contribution is 6.00. The summed E-state index contributed by atoms with van der Waals surface area (Å²) >= 11 is 0. The SMILES string of the molecule is COc1ccc2cccc(CC(=O)c3ccoc3)c2c1. The zero-order valence-electron chi connectivity index (χ0n) is 11.1. The van der Waals surface area contributed by atoms with Gasteiger partial charge in [0.05, 0.1) is 18.9 Å². The first-order chi connectivity index (χ1) is 9.78. The molecule has 0 aliphatic carbocycles. The molecule has 3 rings (SSSR count). The fourth-order valence-electron chi connectivity index (χ4n) is 2.30. The summed E-state index contributed by atoms with van der Waals surface area (Å²) < 4.78 is 10.2. The summed E-state index contributed by atoms with van der Waals surface area (Å²) in [4.78, 5) is 12.2. The van der Waals surface area contributed by atoms with Crippen LogP contribution in [-0.2, 0) is 6.42 Å². The molecule has 0 atom stereocenters. The van der Waals surface area contributed by atoms with E-state index in [1.54, 1.807) is 13.2 Å². The first-order valence-electron chi connectivity index (χ1n) is 6.39. The summed E-state index contributed by atoms with van der Waals surface area (Å²) in [7, 11) is 1.64. The van der Waals surface area contributed by atoms with Gasteiger partial charge in [-0.25, -0.2) is 0 Å². The van der Waals surface area contributed by atoms with E-state index in [0.717, 1.165) is 22.1 Å². The van der Waals surface area contributed by atoms with Gasteiger partial charge in [0.15, 0.2) is 5.78 Å². The number of ketones is 1. The molecule has 20 heavy (non-hydrogen) atoms. The fourth-order valence-corrected chi connectivity index (χ4v) is 2.30. The number of methoxy groups -OCH3 is 1. The predicted molar refractivity (Wildman–Crippen MR) is 77.2 cm³/mol. The van der Waals surface area contributed by atoms with Crippen molar-refractivity contribution < 1.29 is 13.9 Å². The molecule has 3 heteroatoms. The molecule has 0 unspecified atom stereocenters. The van der Waals surface area contributed by atoms with Crippen LogP contribution in [0, 0.1) is 0 Å². The van der Waals surface area contributed by atoms with Gasteiger partial charge in [-0.05, 0) is 34.5 Å². The van der Waals surface area contributed by atoms with Crippen LogP contribution in [0.15, 0.2) is 59.4 Å². The lowest BCUT2D eigenvalue weighted by molar-refractivity contribution is 0.0992. The molecule has 0 fully saturated rings. The van der Waals surface area contributed by atoms with E-state index in [1.165, 1.54) is 12.5 Å². The second-order valence-electron chi connectivity index (χ2n) is 4.62. The lowest BCUT2D eigenvalue weighted by Crippen LogP contribution is -2.02. The average Bonchev–Trinajstić information content (AvgIpc) is 3.01. The Morgan fingerprint density at radius 2 is 2.10 bits per heavy atom. The lowest BCUT2D eigenvalue weighted by Gasteiger charge is -2.07. The smallest absolute Gasteiger partial charge is 0.170 e. The first kappa shape index (κ1) is 12.5. The van der Waals surface area contributed by atoms with Crippen LogP contribution in [0.3, 0.4) is 0 Å². The van der Waals surface area contributed by atoms with Crippen molar-refractivity contribution in [3.8, 4) is 5.75 Å². The third kappa shape index (κ3) is 2.30. The van der Waals surface area contributed by atoms with E-state index >= 15 is 0 Å². The summed E-state index contributed by atoms with van der Waals surface area (Å²) in [5, 5.41) is 2.15. The second kappa shape index (κ2) is 5.21. The monoisotopic (exact) mass is 266 g/mol. The van der Waals surface area contributed by atoms with Gasteiger partial charge in [-0.3, -0.25) is 4.79 Å². The maximum absolute atomic E-state index is 12.2. The Labute approximate surface area is 116 Å². The zero-order valence-corrected chi connectivity index (χ0v) is 11.1. The topological polar surface area (TPSA) is 39.4 Å². The molecule has 0 aliphatic rings. The maximum Gasteiger partial charge on any atom is 0.170 e. The third-order valence-corrected chi connectivity index (χ3v) is 3.37. The molecule has 3 aromatic rings. The highest BCUT2D eigenvalue weighted by Gasteiger charge is 2.11. The van der Waals surface area contributed by atoms with E-state index < -0.39 is 0 Å². The molecule has 1 aromatic heterocycles. The van der Waals surface area contributed by atoms with Crippen molar-refractivity contribution >= 4 is 16.6 Å². The van der Waals surface area contributed by atoms with Crippen LogP contribution in [-0.4, -0.2) is 12.9 Å². The largest absolute Gasteiger partial charge is 0.497 e. The second-order valence-corrected chi connectivity index (χ2v) is 4.62. The van der Waals surface area contributed by atoms with Gasteiger partial charge < -0.3 is 9.15 Å². The summed E-state index contributed by atoms with van der Waals surface area (Å²) in [5.41, 5.74) is 1.59. The summed E-state index contributed by atoms with van der Waals surface area (Å²) in [6.45, 7) is 0. The standard InChI is InChI=1S/C17H14O3/c1-19-15-6-5-12-3-2-4-13(16(12)10-15)9-17(18)14-7-8-20-11-14/h2-8,10-11H,9H2,1H3. The Kier molecular flexibility index (Phi) is 3.25. The van der Waals surface area contributed by atoms with Crippen molar-refractivity contribution in [3.63, 3.8) is 0 Å². The van der Waals surface area contributed by atoms with Crippen molar-refractivity contribution in [2.45, 2.75) is 6.42 Å². The van der Waals surface area contributed by atoms with E-state index in [4.69, 9.17) is 9.15 Å². The van der Waals surface area contributed by atoms with Crippen molar-refractivity contribution in [3.05, 3.63) is 66.1 Å². The highest BCUT2D eigenvalue weighted by Crippen LogP contribution is 2.25. The Balaban J connectivity index is 2.00. The van der Waals surface area contributed by atoms with Crippen molar-refractivity contribution in [2.24, 2.45) is 0 Å². The van der Waals surface area contributed by atoms with E-state index in [2.05, 4.69) is 0 Å². The number of fused-ring (bicyclic) bond motifs is 1. The van der Waals surface area contributed by atoms with Crippen LogP contribution in [0.5, 0.6) is 5.75 Å². The number of furan rings is 1. The normalized spacial score (nSPS) is 10.7. The molecule has 0 bridgehead atoms. The Morgan fingerprint density at radius 1 is 1.20 bits per heavy atom. The summed E-state index contributed by atoms with van der Waals surface area (Å²) in [6.07, 6.45) is 3.34. The van der Waals surface area contributed by atoms with Crippen LogP contribution in [0.1, 0.15) is 15.9 Å². The quantitative estimate of drug-likeness (QED) is 0.673. The van der Waals surface area contributed by atoms with Gasteiger partial charge in [-0.1, -0.05) is 24.3 Å². The van der Waals surface area contributed by atoms with Crippen LogP contribution in [0.2, 0.25) is 0 Å². The summed E-state index contributed by atoms with van der Waals surface area (Å²) in [5.74, 6) is 0.842. The van der Waals surface area contributed by atoms with Gasteiger partial charge in [-0.15, -0.1) is 0 Å². The minimum absolute atomic E-state index is 0.0501. The molecule has 2 aromatic carbocycles. The minimum Gasteiger partial charge on any atom is -0.497 e. The van der Waals surface area contributed by atoms with E-state index in [9.17, 15) is 4.79 Å². The van der Waals surface area contributed by atoms with Crippen molar-refractivity contribution in [1.82, 2.24) is 0 Å². The van der Waals surface area contributed by atoms with Gasteiger partial charge in [0.25, 0.3) is 0 Å². The number of ether oxygens (including phenoxy) is 1. The number of rotatable bonds is 4. The first-order valence-corrected chi connectivity index (χ1v) is 6.39. The number of carbonyl (C=O) groups is 1. The molecule has 0 saturated heterocycles. The molecule has 0 saturated carbocycles. The maximum atomic E-state index is 12.2. The molecular weight excluding hydrogens is 252 g/mol. The molecule has 100 valence electrons. The number of Topliss-reactive ketones (excluding diaryl/α,β-unsaturated/α-hetero) is 1. The molecular formula is C17H14O3. The summed E-state index contributed by atoms with van der Waals surface area (Å²) in [6, 6.07) is 13.5. The Bertz CT molecular complexity index is 742. The minimum atomic E-state index is 0.0501. The number of carbonyl (C=O) groups excluding carboxylic acids is 1. The number of hydrogen-bond donors (Lipinski definition) is 0. The van der Waals surface area contributed by atoms with E-state index in [0.29, 0.717) is 12.0 Å². The van der Waals surface area contributed by atoms with Crippen molar-refractivity contribution in [1.29, 1.82) is 0 Å². The average molecular weight is 266 g/mol. The van der Waals surface area contributed by atoms with Gasteiger partial charge in [0.1, 0.15) is 12.0 Å². The zero-order chi connectivity index (χ0) is 13.9. The van der Waals surface area contributed by atoms with Crippen LogP contribution in [0.25, 0.3) is 10.8 Å².